The maximum absolute atomic E-state index is 12.9. The fourth-order valence-corrected chi connectivity index (χ4v) is 4.81. The molecule has 3 aromatic rings. The Bertz CT molecular complexity index is 1160. The van der Waals surface area contributed by atoms with Gasteiger partial charge in [-0.05, 0) is 25.8 Å². The van der Waals surface area contributed by atoms with Crippen LogP contribution in [-0.4, -0.2) is 47.8 Å². The molecule has 4 rings (SSSR count). The fourth-order valence-electron chi connectivity index (χ4n) is 3.82. The summed E-state index contributed by atoms with van der Waals surface area (Å²) in [5, 5.41) is 8.16. The molecule has 3 heterocycles. The van der Waals surface area contributed by atoms with Gasteiger partial charge in [0.25, 0.3) is 5.56 Å². The summed E-state index contributed by atoms with van der Waals surface area (Å²) < 4.78 is 12.1. The van der Waals surface area contributed by atoms with Crippen LogP contribution in [0.5, 0.6) is 11.5 Å². The molecule has 0 unspecified atom stereocenters. The minimum absolute atomic E-state index is 0.0122. The number of rotatable bonds is 6. The lowest BCUT2D eigenvalue weighted by Gasteiger charge is -2.31. The van der Waals surface area contributed by atoms with E-state index in [1.54, 1.807) is 21.1 Å². The Kier molecular flexibility index (Phi) is 6.08. The molecule has 0 bridgehead atoms. The van der Waals surface area contributed by atoms with Gasteiger partial charge in [-0.15, -0.1) is 5.10 Å². The molecule has 1 N–H and O–H groups in total. The molecule has 10 heteroatoms. The van der Waals surface area contributed by atoms with Gasteiger partial charge >= 0.3 is 0 Å². The third-order valence-electron chi connectivity index (χ3n) is 5.36. The maximum atomic E-state index is 12.9. The van der Waals surface area contributed by atoms with E-state index in [0.717, 1.165) is 24.9 Å². The minimum atomic E-state index is -0.191. The van der Waals surface area contributed by atoms with Gasteiger partial charge in [0.1, 0.15) is 0 Å². The molecule has 2 aromatic heterocycles. The van der Waals surface area contributed by atoms with Crippen LogP contribution >= 0.6 is 11.3 Å². The zero-order chi connectivity index (χ0) is 22.0. The lowest BCUT2D eigenvalue weighted by molar-refractivity contribution is -0.125. The van der Waals surface area contributed by atoms with E-state index in [1.165, 1.54) is 21.9 Å². The van der Waals surface area contributed by atoms with Crippen LogP contribution in [0.1, 0.15) is 24.1 Å². The second kappa shape index (κ2) is 8.93. The zero-order valence-electron chi connectivity index (χ0n) is 17.8. The first-order valence-corrected chi connectivity index (χ1v) is 10.9. The summed E-state index contributed by atoms with van der Waals surface area (Å²) in [6.07, 6.45) is 1.68. The standard InChI is InChI=1S/C21H25N5O4S/c1-13-10-17(27)26-20(23-13)31-21(24-26)25-9-5-7-15(12-25)19(28)22-11-14-6-4-8-16(29-2)18(14)30-3/h4,6,8,10,15H,5,7,9,11-12H2,1-3H3,(H,22,28)/t15-/m1/s1. The van der Waals surface area contributed by atoms with Gasteiger partial charge in [-0.1, -0.05) is 23.5 Å². The Balaban J connectivity index is 1.45. The summed E-state index contributed by atoms with van der Waals surface area (Å²) in [6.45, 7) is 3.49. The second-order valence-corrected chi connectivity index (χ2v) is 8.40. The molecular weight excluding hydrogens is 418 g/mol. The molecule has 1 aliphatic rings. The topological polar surface area (TPSA) is 98.1 Å². The highest BCUT2D eigenvalue weighted by atomic mass is 32.1. The van der Waals surface area contributed by atoms with Crippen LogP contribution in [0, 0.1) is 12.8 Å². The number of anilines is 1. The molecule has 9 nitrogen and oxygen atoms in total. The number of hydrogen-bond acceptors (Lipinski definition) is 8. The number of piperidine rings is 1. The van der Waals surface area contributed by atoms with E-state index >= 15 is 0 Å². The van der Waals surface area contributed by atoms with Crippen molar-refractivity contribution >= 4 is 27.3 Å². The van der Waals surface area contributed by atoms with Crippen molar-refractivity contribution in [2.45, 2.75) is 26.3 Å². The number of carbonyl (C=O) groups excluding carboxylic acids is 1. The van der Waals surface area contributed by atoms with Crippen molar-refractivity contribution in [1.29, 1.82) is 0 Å². The highest BCUT2D eigenvalue weighted by Crippen LogP contribution is 2.31. The summed E-state index contributed by atoms with van der Waals surface area (Å²) in [5.41, 5.74) is 1.34. The van der Waals surface area contributed by atoms with Gasteiger partial charge in [0.05, 0.1) is 20.1 Å². The number of ether oxygens (including phenoxy) is 2. The van der Waals surface area contributed by atoms with Crippen LogP contribution in [0.4, 0.5) is 5.13 Å². The monoisotopic (exact) mass is 443 g/mol. The predicted molar refractivity (Wildman–Crippen MR) is 118 cm³/mol. The number of aryl methyl sites for hydroxylation is 1. The molecule has 31 heavy (non-hydrogen) atoms. The first kappa shape index (κ1) is 21.1. The average molecular weight is 444 g/mol. The summed E-state index contributed by atoms with van der Waals surface area (Å²) in [6, 6.07) is 7.07. The Morgan fingerprint density at radius 1 is 1.32 bits per heavy atom. The first-order valence-electron chi connectivity index (χ1n) is 10.1. The summed E-state index contributed by atoms with van der Waals surface area (Å²) in [4.78, 5) is 32.1. The van der Waals surface area contributed by atoms with Crippen molar-refractivity contribution in [3.8, 4) is 11.5 Å². The SMILES string of the molecule is COc1cccc(CNC(=O)[C@@H]2CCCN(c3nn4c(=O)cc(C)nc4s3)C2)c1OC. The van der Waals surface area contributed by atoms with Gasteiger partial charge in [0.2, 0.25) is 16.0 Å². The Hall–Kier alpha value is -3.14. The number of nitrogens with one attached hydrogen (secondary N) is 1. The van der Waals surface area contributed by atoms with E-state index < -0.39 is 0 Å². The molecule has 0 aliphatic carbocycles. The van der Waals surface area contributed by atoms with Crippen molar-refractivity contribution in [3.63, 3.8) is 0 Å². The first-order chi connectivity index (χ1) is 15.0. The Morgan fingerprint density at radius 2 is 2.16 bits per heavy atom. The quantitative estimate of drug-likeness (QED) is 0.622. The number of methoxy groups -OCH3 is 2. The smallest absolute Gasteiger partial charge is 0.275 e. The number of aromatic nitrogens is 3. The van der Waals surface area contributed by atoms with Crippen molar-refractivity contribution in [1.82, 2.24) is 19.9 Å². The molecule has 0 radical (unpaired) electrons. The van der Waals surface area contributed by atoms with Crippen LogP contribution in [0.25, 0.3) is 4.96 Å². The lowest BCUT2D eigenvalue weighted by atomic mass is 9.97. The van der Waals surface area contributed by atoms with Crippen LogP contribution in [0.3, 0.4) is 0 Å². The van der Waals surface area contributed by atoms with Gasteiger partial charge in [-0.25, -0.2) is 4.98 Å². The van der Waals surface area contributed by atoms with E-state index in [1.807, 2.05) is 18.2 Å². The van der Waals surface area contributed by atoms with Crippen LogP contribution in [-0.2, 0) is 11.3 Å². The summed E-state index contributed by atoms with van der Waals surface area (Å²) >= 11 is 1.37. The fraction of sp³-hybridized carbons (Fsp3) is 0.429. The van der Waals surface area contributed by atoms with Crippen LogP contribution in [0.2, 0.25) is 0 Å². The molecule has 1 fully saturated rings. The summed E-state index contributed by atoms with van der Waals surface area (Å²) in [7, 11) is 3.17. The highest BCUT2D eigenvalue weighted by molar-refractivity contribution is 7.20. The third kappa shape index (κ3) is 4.34. The van der Waals surface area contributed by atoms with Crippen molar-refractivity contribution in [3.05, 3.63) is 45.9 Å². The number of amides is 1. The molecule has 1 saturated heterocycles. The molecule has 1 amide bonds. The Morgan fingerprint density at radius 3 is 2.94 bits per heavy atom. The van der Waals surface area contributed by atoms with E-state index in [-0.39, 0.29) is 17.4 Å². The van der Waals surface area contributed by atoms with Gasteiger partial charge in [0.15, 0.2) is 11.5 Å². The molecular formula is C21H25N5O4S. The van der Waals surface area contributed by atoms with Gasteiger partial charge in [0, 0.05) is 37.0 Å². The average Bonchev–Trinajstić information content (AvgIpc) is 3.21. The molecule has 1 aromatic carbocycles. The number of nitrogens with zero attached hydrogens (tertiary/aromatic N) is 4. The normalized spacial score (nSPS) is 16.4. The second-order valence-electron chi connectivity index (χ2n) is 7.47. The number of para-hydroxylation sites is 1. The van der Waals surface area contributed by atoms with E-state index in [9.17, 15) is 9.59 Å². The van der Waals surface area contributed by atoms with E-state index in [2.05, 4.69) is 20.3 Å². The predicted octanol–water partition coefficient (Wildman–Crippen LogP) is 2.01. The van der Waals surface area contributed by atoms with Crippen LogP contribution in [0.15, 0.2) is 29.1 Å². The van der Waals surface area contributed by atoms with Crippen molar-refractivity contribution in [2.75, 3.05) is 32.2 Å². The number of hydrogen-bond donors (Lipinski definition) is 1. The number of fused-ring (bicyclic) bond motifs is 1. The van der Waals surface area contributed by atoms with Gasteiger partial charge in [-0.3, -0.25) is 9.59 Å². The van der Waals surface area contributed by atoms with E-state index in [4.69, 9.17) is 9.47 Å². The molecule has 0 spiro atoms. The molecule has 164 valence electrons. The Labute approximate surface area is 183 Å². The summed E-state index contributed by atoms with van der Waals surface area (Å²) in [5.74, 6) is 1.08. The van der Waals surface area contributed by atoms with Gasteiger partial charge in [-0.2, -0.15) is 4.52 Å². The third-order valence-corrected chi connectivity index (χ3v) is 6.33. The van der Waals surface area contributed by atoms with Crippen molar-refractivity contribution < 1.29 is 14.3 Å². The lowest BCUT2D eigenvalue weighted by Crippen LogP contribution is -2.43. The molecule has 0 saturated carbocycles. The number of carbonyl (C=O) groups is 1. The van der Waals surface area contributed by atoms with E-state index in [0.29, 0.717) is 40.4 Å². The van der Waals surface area contributed by atoms with Crippen molar-refractivity contribution in [2.24, 2.45) is 5.92 Å². The minimum Gasteiger partial charge on any atom is -0.493 e. The highest BCUT2D eigenvalue weighted by Gasteiger charge is 2.28. The van der Waals surface area contributed by atoms with Crippen LogP contribution < -0.4 is 25.2 Å². The largest absolute Gasteiger partial charge is 0.493 e. The maximum Gasteiger partial charge on any atom is 0.275 e. The number of benzene rings is 1. The zero-order valence-corrected chi connectivity index (χ0v) is 18.6. The molecule has 1 atom stereocenters. The van der Waals surface area contributed by atoms with Gasteiger partial charge < -0.3 is 19.7 Å². The molecule has 1 aliphatic heterocycles.